The summed E-state index contributed by atoms with van der Waals surface area (Å²) in [7, 11) is 3.21. The van der Waals surface area contributed by atoms with Crippen LogP contribution < -0.4 is 66.8 Å². The Bertz CT molecular complexity index is 3700. The maximum absolute atomic E-state index is 15.4. The highest BCUT2D eigenvalue weighted by Gasteiger charge is 2.29. The molecule has 33 nitrogen and oxygen atoms in total. The SMILES string of the molecule is CCCCOc1c2cccc1C(=O)NCCN(CCN1CCNC(=O)c3cccc(c3OCCCC)C(=O)NCCN(CCOCCOCCOC)CCNC(=O)c3cccc(c3OCCCC)C(=O)NC(CCCCNC(=O)OC(C)(C)C)C1)CCNC(=O)c1cccc(c1OCCCC)C(=O)NCCN(CCOCCOCCOC)CCNC2=O. The number of rotatable bonds is 42. The molecule has 1 unspecified atom stereocenters. The van der Waals surface area contributed by atoms with E-state index in [9.17, 15) is 38.4 Å². The highest BCUT2D eigenvalue weighted by Crippen LogP contribution is 2.30. The molecule has 0 spiro atoms. The van der Waals surface area contributed by atoms with Crippen molar-refractivity contribution in [2.45, 2.75) is 131 Å². The molecule has 2 aliphatic rings. The van der Waals surface area contributed by atoms with Gasteiger partial charge in [0.15, 0.2) is 0 Å². The number of unbranched alkanes of at least 4 members (excludes halogenated alkanes) is 5. The van der Waals surface area contributed by atoms with Gasteiger partial charge < -0.3 is 100.0 Å². The first-order valence-electron chi connectivity index (χ1n) is 43.7. The van der Waals surface area contributed by atoms with Gasteiger partial charge >= 0.3 is 6.09 Å². The minimum atomic E-state index is -0.736. The lowest BCUT2D eigenvalue weighted by Crippen LogP contribution is -2.49. The van der Waals surface area contributed by atoms with Crippen molar-refractivity contribution in [1.82, 2.24) is 67.5 Å². The van der Waals surface area contributed by atoms with Gasteiger partial charge in [-0.2, -0.15) is 0 Å². The molecule has 9 amide bonds. The first-order valence-corrected chi connectivity index (χ1v) is 43.7. The zero-order valence-corrected chi connectivity index (χ0v) is 73.8. The van der Waals surface area contributed by atoms with Gasteiger partial charge in [-0.05, 0) is 114 Å². The van der Waals surface area contributed by atoms with Crippen LogP contribution in [-0.2, 0) is 33.2 Å². The summed E-state index contributed by atoms with van der Waals surface area (Å²) in [5.74, 6) is -3.39. The van der Waals surface area contributed by atoms with Gasteiger partial charge in [0, 0.05) is 151 Å². The number of fused-ring (bicyclic) bond motifs is 8. The van der Waals surface area contributed by atoms with Crippen LogP contribution in [0.1, 0.15) is 202 Å². The summed E-state index contributed by atoms with van der Waals surface area (Å²) in [4.78, 5) is 139. The van der Waals surface area contributed by atoms with Crippen molar-refractivity contribution in [3.8, 4) is 23.0 Å². The van der Waals surface area contributed by atoms with Crippen LogP contribution in [-0.4, -0.2) is 322 Å². The summed E-state index contributed by atoms with van der Waals surface area (Å²) < 4.78 is 64.3. The summed E-state index contributed by atoms with van der Waals surface area (Å²) >= 11 is 0. The Morgan fingerprint density at radius 2 is 0.623 bits per heavy atom. The van der Waals surface area contributed by atoms with Crippen LogP contribution >= 0.6 is 0 Å². The number of nitrogens with one attached hydrogen (secondary N) is 9. The molecule has 0 aliphatic carbocycles. The van der Waals surface area contributed by atoms with Gasteiger partial charge in [-0.3, -0.25) is 58.0 Å². The average Bonchev–Trinajstić information content (AvgIpc) is 0.832. The fourth-order valence-corrected chi connectivity index (χ4v) is 13.1. The number of carbonyl (C=O) groups excluding carboxylic acids is 9. The van der Waals surface area contributed by atoms with Crippen LogP contribution in [0.3, 0.4) is 0 Å². The molecular formula is C89H139N13O20. The molecule has 33 heteroatoms. The highest BCUT2D eigenvalue weighted by molar-refractivity contribution is 6.07. The molecule has 0 saturated carbocycles. The molecule has 9 N–H and O–H groups in total. The molecule has 122 heavy (non-hydrogen) atoms. The van der Waals surface area contributed by atoms with E-state index in [1.54, 1.807) is 108 Å². The highest BCUT2D eigenvalue weighted by atomic mass is 16.6. The Morgan fingerprint density at radius 3 is 0.918 bits per heavy atom. The number of benzene rings is 4. The third-order valence-corrected chi connectivity index (χ3v) is 19.9. The van der Waals surface area contributed by atoms with Crippen molar-refractivity contribution < 1.29 is 95.3 Å². The fraction of sp³-hybridized carbons (Fsp3) is 0.629. The summed E-state index contributed by atoms with van der Waals surface area (Å²) in [6.07, 6.45) is 6.46. The summed E-state index contributed by atoms with van der Waals surface area (Å²) in [5, 5.41) is 27.7. The van der Waals surface area contributed by atoms with Crippen LogP contribution in [0, 0.1) is 0 Å². The van der Waals surface area contributed by atoms with E-state index in [0.717, 1.165) is 25.7 Å². The Morgan fingerprint density at radius 1 is 0.352 bits per heavy atom. The maximum Gasteiger partial charge on any atom is 0.407 e. The molecule has 0 radical (unpaired) electrons. The van der Waals surface area contributed by atoms with Crippen molar-refractivity contribution in [1.29, 1.82) is 0 Å². The normalized spacial score (nSPS) is 16.4. The zero-order valence-electron chi connectivity index (χ0n) is 73.8. The van der Waals surface area contributed by atoms with Crippen molar-refractivity contribution in [3.63, 3.8) is 0 Å². The molecular weight excluding hydrogens is 1570 g/mol. The lowest BCUT2D eigenvalue weighted by atomic mass is 10.0. The third-order valence-electron chi connectivity index (χ3n) is 19.9. The Hall–Kier alpha value is -9.29. The molecule has 4 aromatic carbocycles. The molecule has 0 aromatic heterocycles. The number of amides is 9. The lowest BCUT2D eigenvalue weighted by molar-refractivity contribution is 0.0196. The third kappa shape index (κ3) is 38.2. The van der Waals surface area contributed by atoms with E-state index in [-0.39, 0.29) is 186 Å². The number of methoxy groups -OCH3 is 2. The van der Waals surface area contributed by atoms with E-state index in [1.807, 2.05) is 37.5 Å². The predicted octanol–water partition coefficient (Wildman–Crippen LogP) is 7.00. The van der Waals surface area contributed by atoms with E-state index in [1.165, 1.54) is 0 Å². The van der Waals surface area contributed by atoms with Gasteiger partial charge in [0.25, 0.3) is 47.3 Å². The van der Waals surface area contributed by atoms with Gasteiger partial charge in [0.2, 0.25) is 0 Å². The number of nitrogens with zero attached hydrogens (tertiary/aromatic N) is 4. The van der Waals surface area contributed by atoms with Gasteiger partial charge in [0.05, 0.1) is 137 Å². The topological polar surface area (TPSA) is 376 Å². The second kappa shape index (κ2) is 59.5. The predicted molar refractivity (Wildman–Crippen MR) is 466 cm³/mol. The second-order valence-corrected chi connectivity index (χ2v) is 30.7. The Balaban J connectivity index is 1.40. The zero-order chi connectivity index (χ0) is 88.0. The number of carbonyl (C=O) groups is 9. The molecule has 0 saturated heterocycles. The summed E-state index contributed by atoms with van der Waals surface area (Å²) in [6, 6.07) is 18.8. The molecule has 2 aliphatic heterocycles. The molecule has 8 bridgehead atoms. The molecule has 4 aromatic rings. The Kier molecular flexibility index (Phi) is 49.5. The van der Waals surface area contributed by atoms with Crippen LogP contribution in [0.25, 0.3) is 0 Å². The molecule has 6 rings (SSSR count). The number of para-hydroxylation sites is 4. The summed E-state index contributed by atoms with van der Waals surface area (Å²) in [5.41, 5.74) is 0.472. The molecule has 680 valence electrons. The lowest BCUT2D eigenvalue weighted by Gasteiger charge is -2.31. The monoisotopic (exact) mass is 1710 g/mol. The first kappa shape index (κ1) is 102. The van der Waals surface area contributed by atoms with Crippen LogP contribution in [0.5, 0.6) is 23.0 Å². The van der Waals surface area contributed by atoms with E-state index in [2.05, 4.69) is 57.7 Å². The quantitative estimate of drug-likeness (QED) is 0.0202. The first-order chi connectivity index (χ1) is 59.2. The maximum atomic E-state index is 15.4. The van der Waals surface area contributed by atoms with Crippen molar-refractivity contribution in [2.24, 2.45) is 0 Å². The van der Waals surface area contributed by atoms with E-state index in [0.29, 0.717) is 150 Å². The molecule has 1 atom stereocenters. The standard InChI is InChI=1S/C89H139N13O20/c1-10-14-52-118-76-68-25-20-27-70(76)82(105)92-36-43-100(50-56-114-62-64-116-60-58-112-8)44-37-93-83(106)71-28-21-26-69(77(71)119-53-15-11-2)81(104)91-35-42-99(41-34-90-80(68)103)48-49-102-47-40-96-85(108)73-30-22-29-72(78(73)120-54-16-12-3)84(107)94-38-45-101(51-57-115-63-65-117-61-59-113-9)46-39-95-86(109)74-31-23-32-75(79(74)121-55-17-13-4)87(110)98-67(66-102)24-18-19-33-97-88(111)122-89(5,6)7/h20-23,25-32,67H,10-19,24,33-66H2,1-9H3,(H,90,103)(H,91,104)(H,92,105)(H,93,106)(H,94,107)(H,95,109)(H,96,108)(H,97,111)(H,98,110). The van der Waals surface area contributed by atoms with Crippen molar-refractivity contribution in [2.75, 3.05) is 238 Å². The van der Waals surface area contributed by atoms with Crippen molar-refractivity contribution >= 4 is 53.4 Å². The van der Waals surface area contributed by atoms with Gasteiger partial charge in [-0.25, -0.2) is 4.79 Å². The number of alkyl carbamates (subject to hydrolysis) is 1. The van der Waals surface area contributed by atoms with Crippen LogP contribution in [0.2, 0.25) is 0 Å². The van der Waals surface area contributed by atoms with Gasteiger partial charge in [-0.1, -0.05) is 77.6 Å². The van der Waals surface area contributed by atoms with Gasteiger partial charge in [-0.15, -0.1) is 0 Å². The van der Waals surface area contributed by atoms with Crippen molar-refractivity contribution in [3.05, 3.63) is 117 Å². The van der Waals surface area contributed by atoms with Crippen LogP contribution in [0.4, 0.5) is 4.79 Å². The minimum Gasteiger partial charge on any atom is -0.492 e. The smallest absolute Gasteiger partial charge is 0.407 e. The minimum absolute atomic E-state index is 0.0453. The van der Waals surface area contributed by atoms with E-state index < -0.39 is 65.0 Å². The molecule has 0 fully saturated rings. The second-order valence-electron chi connectivity index (χ2n) is 30.7. The Labute approximate surface area is 721 Å². The summed E-state index contributed by atoms with van der Waals surface area (Å²) in [6.45, 7) is 22.9. The number of ether oxygens (including phenoxy) is 11. The van der Waals surface area contributed by atoms with Gasteiger partial charge in [0.1, 0.15) is 28.6 Å². The average molecular weight is 1710 g/mol. The fourth-order valence-electron chi connectivity index (χ4n) is 13.1. The van der Waals surface area contributed by atoms with E-state index in [4.69, 9.17) is 52.1 Å². The van der Waals surface area contributed by atoms with E-state index >= 15 is 4.79 Å². The largest absolute Gasteiger partial charge is 0.492 e. The number of hydrogen-bond donors (Lipinski definition) is 9. The molecule has 2 heterocycles. The van der Waals surface area contributed by atoms with Crippen LogP contribution in [0.15, 0.2) is 72.8 Å². The number of hydrogen-bond acceptors (Lipinski definition) is 24.